The Labute approximate surface area is 201 Å². The quantitative estimate of drug-likeness (QED) is 0.465. The number of halogens is 2. The van der Waals surface area contributed by atoms with E-state index in [1.807, 2.05) is 0 Å². The first kappa shape index (κ1) is 24.4. The third-order valence-corrected chi connectivity index (χ3v) is 5.78. The van der Waals surface area contributed by atoms with Gasteiger partial charge in [0.1, 0.15) is 0 Å². The van der Waals surface area contributed by atoms with E-state index in [-0.39, 0.29) is 23.3 Å². The van der Waals surface area contributed by atoms with Gasteiger partial charge in [0.2, 0.25) is 4.80 Å². The zero-order valence-corrected chi connectivity index (χ0v) is 19.3. The fourth-order valence-electron chi connectivity index (χ4n) is 2.61. The van der Waals surface area contributed by atoms with Crippen molar-refractivity contribution in [3.05, 3.63) is 85.0 Å². The monoisotopic (exact) mass is 509 g/mol. The predicted molar refractivity (Wildman–Crippen MR) is 121 cm³/mol. The first-order valence-electron chi connectivity index (χ1n) is 9.50. The highest BCUT2D eigenvalue weighted by Gasteiger charge is 2.14. The summed E-state index contributed by atoms with van der Waals surface area (Å²) >= 11 is 12.7. The van der Waals surface area contributed by atoms with Gasteiger partial charge in [-0.15, -0.1) is 0 Å². The summed E-state index contributed by atoms with van der Waals surface area (Å²) in [7, 11) is 0. The maximum Gasteiger partial charge on any atom is 0.342 e. The van der Waals surface area contributed by atoms with Crippen molar-refractivity contribution < 1.29 is 24.2 Å². The molecule has 33 heavy (non-hydrogen) atoms. The number of carbonyl (C=O) groups excluding carboxylic acids is 2. The van der Waals surface area contributed by atoms with Crippen LogP contribution < -0.4 is 10.5 Å². The van der Waals surface area contributed by atoms with E-state index >= 15 is 0 Å². The van der Waals surface area contributed by atoms with Crippen molar-refractivity contribution in [3.63, 3.8) is 0 Å². The molecular weight excluding hydrogens is 493 g/mol. The average Bonchev–Trinajstić information content (AvgIpc) is 3.06. The zero-order valence-electron chi connectivity index (χ0n) is 16.9. The molecule has 0 bridgehead atoms. The summed E-state index contributed by atoms with van der Waals surface area (Å²) in [6, 6.07) is 12.9. The highest BCUT2D eigenvalue weighted by molar-refractivity contribution is 7.03. The predicted octanol–water partition coefficient (Wildman–Crippen LogP) is 3.17. The Morgan fingerprint density at radius 3 is 2.18 bits per heavy atom. The molecule has 3 aromatic rings. The summed E-state index contributed by atoms with van der Waals surface area (Å²) in [5.74, 6) is -2.56. The normalized spacial score (nSPS) is 11.4. The number of carboxylic acids is 1. The molecule has 0 atom stereocenters. The molecule has 9 nitrogen and oxygen atoms in total. The molecule has 1 aromatic heterocycles. The van der Waals surface area contributed by atoms with Gasteiger partial charge in [-0.2, -0.15) is 4.99 Å². The van der Waals surface area contributed by atoms with Crippen molar-refractivity contribution in [1.29, 1.82) is 0 Å². The zero-order chi connectivity index (χ0) is 24.0. The molecule has 1 N–H and O–H groups in total. The Hall–Kier alpha value is -3.21. The highest BCUT2D eigenvalue weighted by Crippen LogP contribution is 2.12. The molecule has 0 unspecified atom stereocenters. The Morgan fingerprint density at radius 1 is 0.970 bits per heavy atom. The van der Waals surface area contributed by atoms with Gasteiger partial charge >= 0.3 is 17.6 Å². The van der Waals surface area contributed by atoms with Gasteiger partial charge in [-0.1, -0.05) is 35.3 Å². The lowest BCUT2D eigenvalue weighted by molar-refractivity contribution is -0.150. The minimum atomic E-state index is -1.15. The van der Waals surface area contributed by atoms with Crippen molar-refractivity contribution in [1.82, 2.24) is 8.52 Å². The lowest BCUT2D eigenvalue weighted by atomic mass is 10.2. The lowest BCUT2D eigenvalue weighted by Gasteiger charge is -2.04. The Morgan fingerprint density at radius 2 is 1.58 bits per heavy atom. The number of hydrogen-bond acceptors (Lipinski definition) is 6. The molecule has 1 amide bonds. The van der Waals surface area contributed by atoms with Crippen LogP contribution in [0.15, 0.2) is 58.3 Å². The van der Waals surface area contributed by atoms with Crippen LogP contribution in [0.4, 0.5) is 0 Å². The second-order valence-corrected chi connectivity index (χ2v) is 8.57. The van der Waals surface area contributed by atoms with Crippen molar-refractivity contribution in [2.45, 2.75) is 26.1 Å². The van der Waals surface area contributed by atoms with E-state index in [0.29, 0.717) is 10.0 Å². The third kappa shape index (κ3) is 6.88. The van der Waals surface area contributed by atoms with Crippen LogP contribution in [0.3, 0.4) is 0 Å². The standard InChI is InChI=1S/C21H17Cl2N3O6S/c22-15-5-1-13(2-6-15)11-26-21(31)25(12-32-18(29)10-9-17(27)28)20(33-26)24-19(30)14-3-7-16(23)8-4-14/h1-8H,9-12H2,(H,27,28)/b24-20-. The number of aromatic nitrogens is 2. The number of nitrogens with zero attached hydrogens (tertiary/aromatic N) is 3. The minimum absolute atomic E-state index is 0.0138. The van der Waals surface area contributed by atoms with Crippen molar-refractivity contribution in [3.8, 4) is 0 Å². The van der Waals surface area contributed by atoms with Crippen molar-refractivity contribution >= 4 is 52.6 Å². The van der Waals surface area contributed by atoms with Crippen LogP contribution in [0.2, 0.25) is 10.0 Å². The summed E-state index contributed by atoms with van der Waals surface area (Å²) in [6.07, 6.45) is -0.755. The summed E-state index contributed by atoms with van der Waals surface area (Å²) in [5.41, 5.74) is 0.488. The molecule has 0 aliphatic heterocycles. The van der Waals surface area contributed by atoms with E-state index in [4.69, 9.17) is 33.0 Å². The van der Waals surface area contributed by atoms with E-state index < -0.39 is 36.7 Å². The molecule has 1 heterocycles. The van der Waals surface area contributed by atoms with Crippen molar-refractivity contribution in [2.24, 2.45) is 4.99 Å². The highest BCUT2D eigenvalue weighted by atomic mass is 35.5. The van der Waals surface area contributed by atoms with Gasteiger partial charge in [-0.05, 0) is 53.5 Å². The number of aliphatic carboxylic acids is 1. The first-order valence-corrected chi connectivity index (χ1v) is 11.0. The van der Waals surface area contributed by atoms with Gasteiger partial charge in [0.25, 0.3) is 5.91 Å². The SMILES string of the molecule is O=C(O)CCC(=O)OCn1c(=O)n(Cc2ccc(Cl)cc2)s/c1=N\C(=O)c1ccc(Cl)cc1. The molecule has 0 fully saturated rings. The van der Waals surface area contributed by atoms with E-state index in [2.05, 4.69) is 4.99 Å². The molecule has 12 heteroatoms. The number of ether oxygens (including phenoxy) is 1. The van der Waals surface area contributed by atoms with E-state index in [1.165, 1.54) is 28.2 Å². The third-order valence-electron chi connectivity index (χ3n) is 4.29. The smallest absolute Gasteiger partial charge is 0.342 e. The molecule has 172 valence electrons. The molecule has 2 aromatic carbocycles. The number of carbonyl (C=O) groups is 3. The molecule has 0 radical (unpaired) electrons. The lowest BCUT2D eigenvalue weighted by Crippen LogP contribution is -2.32. The second-order valence-electron chi connectivity index (χ2n) is 6.71. The maximum atomic E-state index is 12.9. The van der Waals surface area contributed by atoms with Crippen molar-refractivity contribution in [2.75, 3.05) is 0 Å². The minimum Gasteiger partial charge on any atom is -0.481 e. The van der Waals surface area contributed by atoms with Gasteiger partial charge in [0.15, 0.2) is 6.73 Å². The summed E-state index contributed by atoms with van der Waals surface area (Å²) in [4.78, 5) is 52.0. The van der Waals surface area contributed by atoms with Gasteiger partial charge < -0.3 is 9.84 Å². The van der Waals surface area contributed by atoms with Crippen LogP contribution in [0, 0.1) is 0 Å². The molecule has 3 rings (SSSR count). The first-order chi connectivity index (χ1) is 15.7. The van der Waals surface area contributed by atoms with E-state index in [0.717, 1.165) is 21.7 Å². The van der Waals surface area contributed by atoms with Crippen LogP contribution in [-0.4, -0.2) is 31.5 Å². The fourth-order valence-corrected chi connectivity index (χ4v) is 3.80. The Balaban J connectivity index is 1.92. The molecular formula is C21H17Cl2N3O6S. The Bertz CT molecular complexity index is 1290. The van der Waals surface area contributed by atoms with Crippen LogP contribution in [0.1, 0.15) is 28.8 Å². The maximum absolute atomic E-state index is 12.9. The topological polar surface area (TPSA) is 120 Å². The number of carboxylic acid groups (broad SMARTS) is 1. The van der Waals surface area contributed by atoms with Gasteiger partial charge in [-0.25, -0.2) is 13.3 Å². The molecule has 0 aliphatic carbocycles. The summed E-state index contributed by atoms with van der Waals surface area (Å²) < 4.78 is 7.41. The number of benzene rings is 2. The number of amides is 1. The van der Waals surface area contributed by atoms with Gasteiger partial charge in [0.05, 0.1) is 19.4 Å². The second kappa shape index (κ2) is 11.1. The van der Waals surface area contributed by atoms with Crippen LogP contribution in [0.25, 0.3) is 0 Å². The average molecular weight is 510 g/mol. The molecule has 0 aliphatic rings. The van der Waals surface area contributed by atoms with Gasteiger partial charge in [0, 0.05) is 15.6 Å². The molecule has 0 saturated carbocycles. The van der Waals surface area contributed by atoms with Crippen LogP contribution >= 0.6 is 34.7 Å². The van der Waals surface area contributed by atoms with E-state index in [1.54, 1.807) is 24.3 Å². The largest absolute Gasteiger partial charge is 0.481 e. The van der Waals surface area contributed by atoms with Crippen LogP contribution in [0.5, 0.6) is 0 Å². The van der Waals surface area contributed by atoms with E-state index in [9.17, 15) is 19.2 Å². The molecule has 0 spiro atoms. The Kier molecular flexibility index (Phi) is 8.21. The van der Waals surface area contributed by atoms with Crippen LogP contribution in [-0.2, 0) is 27.6 Å². The number of rotatable bonds is 8. The van der Waals surface area contributed by atoms with Gasteiger partial charge in [-0.3, -0.25) is 14.4 Å². The fraction of sp³-hybridized carbons (Fsp3) is 0.190. The number of esters is 1. The summed E-state index contributed by atoms with van der Waals surface area (Å²) in [5, 5.41) is 9.69. The molecule has 0 saturated heterocycles. The summed E-state index contributed by atoms with van der Waals surface area (Å²) in [6.45, 7) is -0.341. The number of hydrogen-bond donors (Lipinski definition) is 1.